The van der Waals surface area contributed by atoms with E-state index in [0.29, 0.717) is 0 Å². The van der Waals surface area contributed by atoms with E-state index in [-0.39, 0.29) is 0 Å². The van der Waals surface area contributed by atoms with Gasteiger partial charge in [-0.3, -0.25) is 0 Å². The van der Waals surface area contributed by atoms with E-state index >= 15 is 0 Å². The van der Waals surface area contributed by atoms with Crippen molar-refractivity contribution < 1.29 is 0 Å². The molecular formula is C11H14Si. The van der Waals surface area contributed by atoms with Crippen LogP contribution in [-0.4, -0.2) is 10.2 Å². The molecule has 1 aliphatic carbocycles. The Bertz CT molecular complexity index is 326. The number of fused-ring (bicyclic) bond motifs is 1. The highest BCUT2D eigenvalue weighted by atomic mass is 28.1. The molecule has 62 valence electrons. The van der Waals surface area contributed by atoms with Crippen molar-refractivity contribution in [3.05, 3.63) is 41.0 Å². The van der Waals surface area contributed by atoms with Crippen molar-refractivity contribution in [3.63, 3.8) is 0 Å². The minimum Gasteiger partial charge on any atom is -0.0767 e. The van der Waals surface area contributed by atoms with Gasteiger partial charge in [-0.2, -0.15) is 0 Å². The topological polar surface area (TPSA) is 0 Å². The largest absolute Gasteiger partial charge is 0.0767 e. The van der Waals surface area contributed by atoms with Crippen molar-refractivity contribution in [2.45, 2.75) is 18.9 Å². The lowest BCUT2D eigenvalue weighted by molar-refractivity contribution is 0.983. The summed E-state index contributed by atoms with van der Waals surface area (Å²) in [6.07, 6.45) is 4.64. The monoisotopic (exact) mass is 174 g/mol. The van der Waals surface area contributed by atoms with Crippen LogP contribution in [0, 0.1) is 6.92 Å². The molecule has 0 saturated carbocycles. The normalized spacial score (nSPS) is 19.9. The van der Waals surface area contributed by atoms with E-state index in [1.807, 2.05) is 0 Å². The van der Waals surface area contributed by atoms with Crippen LogP contribution in [0.5, 0.6) is 0 Å². The molecule has 0 saturated heterocycles. The van der Waals surface area contributed by atoms with E-state index in [1.165, 1.54) is 27.4 Å². The van der Waals surface area contributed by atoms with Crippen LogP contribution in [0.15, 0.2) is 24.3 Å². The van der Waals surface area contributed by atoms with Gasteiger partial charge in [0.05, 0.1) is 0 Å². The molecule has 1 unspecified atom stereocenters. The average Bonchev–Trinajstić information content (AvgIpc) is 2.49. The van der Waals surface area contributed by atoms with Crippen molar-refractivity contribution in [3.8, 4) is 0 Å². The summed E-state index contributed by atoms with van der Waals surface area (Å²) in [4.78, 5) is 0. The second-order valence-corrected chi connectivity index (χ2v) is 4.27. The Labute approximate surface area is 76.7 Å². The average molecular weight is 174 g/mol. The van der Waals surface area contributed by atoms with Gasteiger partial charge in [-0.15, -0.1) is 0 Å². The molecular weight excluding hydrogens is 160 g/mol. The van der Waals surface area contributed by atoms with Gasteiger partial charge in [0.15, 0.2) is 0 Å². The molecule has 1 aliphatic rings. The fourth-order valence-corrected chi connectivity index (χ4v) is 2.64. The number of allylic oxidation sites excluding steroid dienone is 1. The Balaban J connectivity index is 2.52. The Morgan fingerprint density at radius 3 is 3.00 bits per heavy atom. The summed E-state index contributed by atoms with van der Waals surface area (Å²) in [6.45, 7) is 2.19. The first-order valence-electron chi connectivity index (χ1n) is 4.60. The first-order valence-corrected chi connectivity index (χ1v) is 6.02. The lowest BCUT2D eigenvalue weighted by Crippen LogP contribution is -1.92. The zero-order valence-electron chi connectivity index (χ0n) is 7.67. The van der Waals surface area contributed by atoms with Gasteiger partial charge in [-0.25, -0.2) is 0 Å². The van der Waals surface area contributed by atoms with Crippen molar-refractivity contribution >= 4 is 16.3 Å². The van der Waals surface area contributed by atoms with Crippen LogP contribution < -0.4 is 0 Å². The number of hydrogen-bond acceptors (Lipinski definition) is 0. The minimum atomic E-state index is 0.728. The highest BCUT2D eigenvalue weighted by molar-refractivity contribution is 6.09. The van der Waals surface area contributed by atoms with Crippen molar-refractivity contribution in [1.82, 2.24) is 0 Å². The van der Waals surface area contributed by atoms with Gasteiger partial charge < -0.3 is 0 Å². The Morgan fingerprint density at radius 2 is 2.25 bits per heavy atom. The molecule has 2 rings (SSSR count). The molecule has 1 atom stereocenters. The molecule has 0 aromatic heterocycles. The zero-order valence-corrected chi connectivity index (χ0v) is 9.67. The van der Waals surface area contributed by atoms with Crippen LogP contribution >= 0.6 is 0 Å². The van der Waals surface area contributed by atoms with Gasteiger partial charge >= 0.3 is 0 Å². The molecule has 0 fully saturated rings. The highest BCUT2D eigenvalue weighted by Gasteiger charge is 2.15. The van der Waals surface area contributed by atoms with Gasteiger partial charge in [-0.1, -0.05) is 36.4 Å². The standard InChI is InChI=1S/C11H14Si/c1-8-3-2-4-11-9(7-12)5-6-10(8)11/h2-6,9H,7H2,1,12H3. The maximum absolute atomic E-state index is 2.35. The van der Waals surface area contributed by atoms with E-state index in [4.69, 9.17) is 0 Å². The predicted octanol–water partition coefficient (Wildman–Crippen LogP) is 1.89. The molecule has 0 heterocycles. The first-order chi connectivity index (χ1) is 5.83. The molecule has 0 aliphatic heterocycles. The fraction of sp³-hybridized carbons (Fsp3) is 0.273. The van der Waals surface area contributed by atoms with Crippen LogP contribution in [0.25, 0.3) is 6.08 Å². The van der Waals surface area contributed by atoms with Crippen LogP contribution in [0.3, 0.4) is 0 Å². The second-order valence-electron chi connectivity index (χ2n) is 3.45. The lowest BCUT2D eigenvalue weighted by atomic mass is 9.99. The Hall–Kier alpha value is -0.823. The summed E-state index contributed by atoms with van der Waals surface area (Å²) in [5, 5.41) is 0. The molecule has 1 heteroatoms. The molecule has 1 aromatic rings. The maximum atomic E-state index is 2.35. The van der Waals surface area contributed by atoms with Gasteiger partial charge in [-0.05, 0) is 29.5 Å². The molecule has 0 nitrogen and oxygen atoms in total. The fourth-order valence-electron chi connectivity index (χ4n) is 1.93. The first kappa shape index (κ1) is 7.81. The van der Waals surface area contributed by atoms with Gasteiger partial charge in [0.25, 0.3) is 0 Å². The summed E-state index contributed by atoms with van der Waals surface area (Å²) in [5.74, 6) is 0.728. The third-order valence-electron chi connectivity index (χ3n) is 2.69. The number of benzene rings is 1. The van der Waals surface area contributed by atoms with Crippen LogP contribution in [0.2, 0.25) is 6.04 Å². The maximum Gasteiger partial charge on any atom is 0.00397 e. The van der Waals surface area contributed by atoms with E-state index in [0.717, 1.165) is 5.92 Å². The van der Waals surface area contributed by atoms with Crippen molar-refractivity contribution in [1.29, 1.82) is 0 Å². The van der Waals surface area contributed by atoms with Crippen LogP contribution in [0.4, 0.5) is 0 Å². The quantitative estimate of drug-likeness (QED) is 0.570. The van der Waals surface area contributed by atoms with Crippen LogP contribution in [0.1, 0.15) is 22.6 Å². The Kier molecular flexibility index (Phi) is 1.89. The summed E-state index contributed by atoms with van der Waals surface area (Å²) in [7, 11) is 1.30. The second kappa shape index (κ2) is 2.90. The predicted molar refractivity (Wildman–Crippen MR) is 57.7 cm³/mol. The summed E-state index contributed by atoms with van der Waals surface area (Å²) in [6, 6.07) is 7.99. The Morgan fingerprint density at radius 1 is 1.42 bits per heavy atom. The molecule has 1 aromatic carbocycles. The summed E-state index contributed by atoms with van der Waals surface area (Å²) >= 11 is 0. The SMILES string of the molecule is Cc1cccc2c1C=CC2C[SiH3]. The third-order valence-corrected chi connectivity index (χ3v) is 3.57. The van der Waals surface area contributed by atoms with E-state index in [9.17, 15) is 0 Å². The summed E-state index contributed by atoms with van der Waals surface area (Å²) < 4.78 is 0. The highest BCUT2D eigenvalue weighted by Crippen LogP contribution is 2.33. The van der Waals surface area contributed by atoms with Crippen molar-refractivity contribution in [2.75, 3.05) is 0 Å². The van der Waals surface area contributed by atoms with E-state index in [1.54, 1.807) is 5.56 Å². The van der Waals surface area contributed by atoms with E-state index in [2.05, 4.69) is 37.3 Å². The molecule has 0 N–H and O–H groups in total. The lowest BCUT2D eigenvalue weighted by Gasteiger charge is -2.08. The smallest absolute Gasteiger partial charge is 0.00397 e. The van der Waals surface area contributed by atoms with Gasteiger partial charge in [0.1, 0.15) is 0 Å². The molecule has 0 amide bonds. The number of hydrogen-bond donors (Lipinski definition) is 0. The molecule has 0 bridgehead atoms. The van der Waals surface area contributed by atoms with Gasteiger partial charge in [0.2, 0.25) is 0 Å². The zero-order chi connectivity index (χ0) is 8.55. The minimum absolute atomic E-state index is 0.728. The number of aryl methyl sites for hydroxylation is 1. The molecule has 0 radical (unpaired) electrons. The number of rotatable bonds is 1. The van der Waals surface area contributed by atoms with E-state index < -0.39 is 0 Å². The summed E-state index contributed by atoms with van der Waals surface area (Å²) in [5.41, 5.74) is 4.43. The van der Waals surface area contributed by atoms with Crippen molar-refractivity contribution in [2.24, 2.45) is 0 Å². The van der Waals surface area contributed by atoms with Gasteiger partial charge in [0, 0.05) is 10.2 Å². The molecule has 12 heavy (non-hydrogen) atoms. The van der Waals surface area contributed by atoms with Crippen LogP contribution in [-0.2, 0) is 0 Å². The molecule has 0 spiro atoms. The third kappa shape index (κ3) is 1.05.